The van der Waals surface area contributed by atoms with E-state index in [1.54, 1.807) is 17.1 Å². The molecule has 1 aliphatic rings. The van der Waals surface area contributed by atoms with Crippen LogP contribution in [0.15, 0.2) is 47.5 Å². The van der Waals surface area contributed by atoms with Crippen LogP contribution >= 0.6 is 0 Å². The monoisotopic (exact) mass is 556 g/mol. The molecule has 1 unspecified atom stereocenters. The number of carbonyl (C=O) groups excluding carboxylic acids is 1. The van der Waals surface area contributed by atoms with Crippen molar-refractivity contribution in [2.75, 3.05) is 5.32 Å². The minimum Gasteiger partial charge on any atom is -0.455 e. The number of anilines is 2. The lowest BCUT2D eigenvalue weighted by Gasteiger charge is -2.27. The number of rotatable bonds is 7. The van der Waals surface area contributed by atoms with Gasteiger partial charge in [-0.25, -0.2) is 9.48 Å². The summed E-state index contributed by atoms with van der Waals surface area (Å²) < 4.78 is 8.98. The Labute approximate surface area is 238 Å². The summed E-state index contributed by atoms with van der Waals surface area (Å²) in [5.41, 5.74) is 1.77. The number of hydrogen-bond donors (Lipinski definition) is 2. The van der Waals surface area contributed by atoms with E-state index in [1.165, 1.54) is 0 Å². The standard InChI is InChI=1S/C30H36N8O3/c1-18(2)26(37-17-22(34-36-37)29(40)41-30(3,4)5)19-10-12-21(13-11-19)33-27-25-24(14-15-32-28(25)39)38(35-27)23-9-7-6-8-20(23)16-31/h10-15,17-18,20,23,26H,6-9H2,1-5H3,(H,32,39)(H,33,35)/t20-,23+,26?/m1/s1. The molecule has 3 atom stereocenters. The summed E-state index contributed by atoms with van der Waals surface area (Å²) >= 11 is 0. The second kappa shape index (κ2) is 11.2. The number of aromatic nitrogens is 6. The van der Waals surface area contributed by atoms with Gasteiger partial charge in [0.15, 0.2) is 11.5 Å². The number of fused-ring (bicyclic) bond motifs is 1. The lowest BCUT2D eigenvalue weighted by Crippen LogP contribution is -2.24. The van der Waals surface area contributed by atoms with Crippen molar-refractivity contribution < 1.29 is 9.53 Å². The highest BCUT2D eigenvalue weighted by molar-refractivity contribution is 5.91. The highest BCUT2D eigenvalue weighted by Gasteiger charge is 2.30. The molecule has 1 fully saturated rings. The van der Waals surface area contributed by atoms with E-state index in [4.69, 9.17) is 9.84 Å². The number of H-pyrrole nitrogens is 1. The van der Waals surface area contributed by atoms with Crippen molar-refractivity contribution in [3.8, 4) is 6.07 Å². The molecule has 41 heavy (non-hydrogen) atoms. The van der Waals surface area contributed by atoms with E-state index in [0.717, 1.165) is 36.9 Å². The van der Waals surface area contributed by atoms with Crippen molar-refractivity contribution in [3.63, 3.8) is 0 Å². The maximum atomic E-state index is 12.9. The maximum absolute atomic E-state index is 12.9. The number of nitriles is 1. The molecule has 5 rings (SSSR count). The van der Waals surface area contributed by atoms with E-state index in [9.17, 15) is 14.9 Å². The predicted octanol–water partition coefficient (Wildman–Crippen LogP) is 5.52. The van der Waals surface area contributed by atoms with Gasteiger partial charge in [0.05, 0.1) is 35.8 Å². The van der Waals surface area contributed by atoms with E-state index in [1.807, 2.05) is 55.8 Å². The summed E-state index contributed by atoms with van der Waals surface area (Å²) in [7, 11) is 0. The number of nitrogens with zero attached hydrogens (tertiary/aromatic N) is 6. The highest BCUT2D eigenvalue weighted by Crippen LogP contribution is 2.37. The lowest BCUT2D eigenvalue weighted by atomic mass is 9.85. The number of esters is 1. The molecule has 1 saturated carbocycles. The summed E-state index contributed by atoms with van der Waals surface area (Å²) in [4.78, 5) is 28.1. The summed E-state index contributed by atoms with van der Waals surface area (Å²) in [5, 5.41) is 26.6. The van der Waals surface area contributed by atoms with Crippen molar-refractivity contribution in [3.05, 3.63) is 64.3 Å². The molecule has 2 N–H and O–H groups in total. The molecular weight excluding hydrogens is 520 g/mol. The van der Waals surface area contributed by atoms with Crippen molar-refractivity contribution in [2.24, 2.45) is 11.8 Å². The van der Waals surface area contributed by atoms with Gasteiger partial charge in [0.25, 0.3) is 5.56 Å². The van der Waals surface area contributed by atoms with Gasteiger partial charge in [-0.15, -0.1) is 5.10 Å². The first-order valence-electron chi connectivity index (χ1n) is 14.1. The van der Waals surface area contributed by atoms with Gasteiger partial charge in [0.1, 0.15) is 11.0 Å². The van der Waals surface area contributed by atoms with Gasteiger partial charge in [-0.05, 0) is 63.3 Å². The van der Waals surface area contributed by atoms with Gasteiger partial charge in [0, 0.05) is 11.9 Å². The quantitative estimate of drug-likeness (QED) is 0.283. The molecule has 0 amide bonds. The van der Waals surface area contributed by atoms with Gasteiger partial charge in [0.2, 0.25) is 0 Å². The van der Waals surface area contributed by atoms with Crippen LogP contribution in [0.25, 0.3) is 10.9 Å². The van der Waals surface area contributed by atoms with Crippen LogP contribution in [0.3, 0.4) is 0 Å². The Morgan fingerprint density at radius 3 is 2.59 bits per heavy atom. The SMILES string of the molecule is CC(C)C(c1ccc(Nc2nn([C@H]3CCCC[C@@H]3C#N)c3cc[nH]c(=O)c23)cc1)n1cc(C(=O)OC(C)(C)C)nn1. The number of ether oxygens (including phenoxy) is 1. The molecule has 214 valence electrons. The number of benzene rings is 1. The summed E-state index contributed by atoms with van der Waals surface area (Å²) in [6.07, 6.45) is 6.98. The van der Waals surface area contributed by atoms with E-state index in [0.29, 0.717) is 16.7 Å². The number of aromatic amines is 1. The second-order valence-electron chi connectivity index (χ2n) is 12.0. The Hall–Kier alpha value is -4.46. The summed E-state index contributed by atoms with van der Waals surface area (Å²) in [6, 6.07) is 11.9. The van der Waals surface area contributed by atoms with E-state index in [-0.39, 0.29) is 35.2 Å². The zero-order valence-corrected chi connectivity index (χ0v) is 24.1. The van der Waals surface area contributed by atoms with Crippen LogP contribution in [0.5, 0.6) is 0 Å². The van der Waals surface area contributed by atoms with Crippen LogP contribution in [-0.2, 0) is 4.74 Å². The van der Waals surface area contributed by atoms with Gasteiger partial charge in [-0.2, -0.15) is 10.4 Å². The van der Waals surface area contributed by atoms with Gasteiger partial charge in [-0.3, -0.25) is 9.48 Å². The Morgan fingerprint density at radius 2 is 1.90 bits per heavy atom. The van der Waals surface area contributed by atoms with E-state index in [2.05, 4.69) is 40.5 Å². The Balaban J connectivity index is 1.42. The Morgan fingerprint density at radius 1 is 1.17 bits per heavy atom. The molecule has 0 aliphatic heterocycles. The van der Waals surface area contributed by atoms with Crippen LogP contribution in [0.1, 0.15) is 88.4 Å². The molecule has 3 heterocycles. The molecule has 0 saturated heterocycles. The number of nitrogens with one attached hydrogen (secondary N) is 2. The zero-order chi connectivity index (χ0) is 29.3. The van der Waals surface area contributed by atoms with Crippen LogP contribution in [0.2, 0.25) is 0 Å². The third-order valence-corrected chi connectivity index (χ3v) is 7.39. The molecule has 1 aromatic carbocycles. The summed E-state index contributed by atoms with van der Waals surface area (Å²) in [5.74, 6) is -0.0417. The molecule has 0 radical (unpaired) electrons. The number of carbonyl (C=O) groups is 1. The number of pyridine rings is 1. The van der Waals surface area contributed by atoms with E-state index >= 15 is 0 Å². The largest absolute Gasteiger partial charge is 0.455 e. The average Bonchev–Trinajstić information content (AvgIpc) is 3.55. The zero-order valence-electron chi connectivity index (χ0n) is 24.1. The maximum Gasteiger partial charge on any atom is 0.361 e. The molecular formula is C30H36N8O3. The highest BCUT2D eigenvalue weighted by atomic mass is 16.6. The van der Waals surface area contributed by atoms with Crippen molar-refractivity contribution >= 4 is 28.4 Å². The molecule has 11 heteroatoms. The molecule has 11 nitrogen and oxygen atoms in total. The van der Waals surface area contributed by atoms with Crippen molar-refractivity contribution in [1.82, 2.24) is 29.8 Å². The minimum absolute atomic E-state index is 0.0731. The normalized spacial score (nSPS) is 18.3. The van der Waals surface area contributed by atoms with Crippen LogP contribution in [-0.4, -0.2) is 41.3 Å². The fraction of sp³-hybridized carbons (Fsp3) is 0.467. The fourth-order valence-electron chi connectivity index (χ4n) is 5.57. The Kier molecular flexibility index (Phi) is 7.67. The minimum atomic E-state index is -0.624. The van der Waals surface area contributed by atoms with Crippen molar-refractivity contribution in [1.29, 1.82) is 5.26 Å². The van der Waals surface area contributed by atoms with Crippen LogP contribution in [0, 0.1) is 23.2 Å². The molecule has 0 spiro atoms. The van der Waals surface area contributed by atoms with Crippen molar-refractivity contribution in [2.45, 2.75) is 78.0 Å². The van der Waals surface area contributed by atoms with Gasteiger partial charge in [-0.1, -0.05) is 44.0 Å². The molecule has 1 aliphatic carbocycles. The lowest BCUT2D eigenvalue weighted by molar-refractivity contribution is 0.00626. The summed E-state index contributed by atoms with van der Waals surface area (Å²) in [6.45, 7) is 9.59. The molecule has 3 aromatic heterocycles. The smallest absolute Gasteiger partial charge is 0.361 e. The molecule has 4 aromatic rings. The first-order valence-corrected chi connectivity index (χ1v) is 14.1. The van der Waals surface area contributed by atoms with E-state index < -0.39 is 11.6 Å². The third kappa shape index (κ3) is 5.87. The first-order chi connectivity index (χ1) is 19.6. The first kappa shape index (κ1) is 28.1. The third-order valence-electron chi connectivity index (χ3n) is 7.39. The fourth-order valence-corrected chi connectivity index (χ4v) is 5.57. The molecule has 0 bridgehead atoms. The van der Waals surface area contributed by atoms with Gasteiger partial charge < -0.3 is 15.0 Å². The second-order valence-corrected chi connectivity index (χ2v) is 12.0. The Bertz CT molecular complexity index is 1640. The average molecular weight is 557 g/mol. The number of hydrogen-bond acceptors (Lipinski definition) is 8. The van der Waals surface area contributed by atoms with Crippen LogP contribution in [0.4, 0.5) is 11.5 Å². The topological polar surface area (TPSA) is 144 Å². The van der Waals surface area contributed by atoms with Crippen LogP contribution < -0.4 is 10.9 Å². The predicted molar refractivity (Wildman–Crippen MR) is 155 cm³/mol. The van der Waals surface area contributed by atoms with Gasteiger partial charge >= 0.3 is 5.97 Å².